The summed E-state index contributed by atoms with van der Waals surface area (Å²) in [5, 5.41) is 40.2. The second-order valence-corrected chi connectivity index (χ2v) is 10.5. The lowest BCUT2D eigenvalue weighted by atomic mass is 9.99. The molecular formula is C25H33N7O3S. The molecule has 0 bridgehead atoms. The first-order valence-corrected chi connectivity index (χ1v) is 13.1. The lowest BCUT2D eigenvalue weighted by Crippen LogP contribution is -2.41. The van der Waals surface area contributed by atoms with Crippen LogP contribution in [0.3, 0.4) is 0 Å². The molecule has 11 heteroatoms. The Morgan fingerprint density at radius 1 is 1.25 bits per heavy atom. The van der Waals surface area contributed by atoms with Crippen LogP contribution in [0.25, 0.3) is 0 Å². The molecule has 192 valence electrons. The molecule has 2 heterocycles. The van der Waals surface area contributed by atoms with Crippen LogP contribution in [-0.2, 0) is 9.59 Å². The van der Waals surface area contributed by atoms with Gasteiger partial charge in [0.1, 0.15) is 12.6 Å². The Morgan fingerprint density at radius 2 is 1.97 bits per heavy atom. The molecule has 2 aliphatic rings. The van der Waals surface area contributed by atoms with Crippen molar-refractivity contribution in [3.05, 3.63) is 40.1 Å². The van der Waals surface area contributed by atoms with E-state index >= 15 is 0 Å². The number of nitrogens with one attached hydrogen (secondary N) is 3. The van der Waals surface area contributed by atoms with Crippen LogP contribution in [0.1, 0.15) is 26.7 Å². The Kier molecular flexibility index (Phi) is 9.73. The van der Waals surface area contributed by atoms with Gasteiger partial charge in [-0.3, -0.25) is 14.5 Å². The highest BCUT2D eigenvalue weighted by atomic mass is 32.2. The number of hydrogen-bond acceptors (Lipinski definition) is 8. The Hall–Kier alpha value is -3.09. The molecule has 0 aliphatic carbocycles. The van der Waals surface area contributed by atoms with E-state index in [-0.39, 0.29) is 41.4 Å². The summed E-state index contributed by atoms with van der Waals surface area (Å²) in [5.74, 6) is -0.0332. The monoisotopic (exact) mass is 511 g/mol. The molecule has 10 nitrogen and oxygen atoms in total. The first-order valence-electron chi connectivity index (χ1n) is 12.2. The molecule has 2 fully saturated rings. The molecule has 2 amide bonds. The van der Waals surface area contributed by atoms with Crippen LogP contribution >= 0.6 is 11.8 Å². The van der Waals surface area contributed by atoms with E-state index in [2.05, 4.69) is 27.8 Å². The Labute approximate surface area is 216 Å². The zero-order valence-electron chi connectivity index (χ0n) is 20.7. The summed E-state index contributed by atoms with van der Waals surface area (Å²) >= 11 is 1.23. The second-order valence-electron chi connectivity index (χ2n) is 9.23. The van der Waals surface area contributed by atoms with Gasteiger partial charge >= 0.3 is 0 Å². The second kappa shape index (κ2) is 12.7. The number of benzene rings is 1. The number of carbonyl (C=O) groups is 2. The van der Waals surface area contributed by atoms with Gasteiger partial charge in [-0.25, -0.2) is 0 Å². The molecule has 0 spiro atoms. The molecule has 3 rings (SSSR count). The van der Waals surface area contributed by atoms with Gasteiger partial charge in [0.05, 0.1) is 31.0 Å². The number of anilines is 2. The zero-order valence-corrected chi connectivity index (χ0v) is 21.6. The van der Waals surface area contributed by atoms with Gasteiger partial charge in [-0.2, -0.15) is 10.5 Å². The number of thioether (sulfide) groups is 1. The average molecular weight is 512 g/mol. The maximum absolute atomic E-state index is 13.3. The van der Waals surface area contributed by atoms with E-state index in [1.54, 1.807) is 13.0 Å². The van der Waals surface area contributed by atoms with Crippen LogP contribution in [0.2, 0.25) is 0 Å². The van der Waals surface area contributed by atoms with Crippen molar-refractivity contribution in [2.75, 3.05) is 56.4 Å². The van der Waals surface area contributed by atoms with Crippen LogP contribution in [-0.4, -0.2) is 72.4 Å². The summed E-state index contributed by atoms with van der Waals surface area (Å²) in [7, 11) is 0. The van der Waals surface area contributed by atoms with Crippen molar-refractivity contribution in [2.45, 2.75) is 31.9 Å². The molecule has 1 aromatic carbocycles. The fourth-order valence-electron chi connectivity index (χ4n) is 4.31. The van der Waals surface area contributed by atoms with Gasteiger partial charge in [0.2, 0.25) is 5.91 Å². The van der Waals surface area contributed by atoms with E-state index in [0.717, 1.165) is 31.6 Å². The number of hydroxylamine groups is 3. The van der Waals surface area contributed by atoms with Crippen LogP contribution in [0.5, 0.6) is 0 Å². The lowest BCUT2D eigenvalue weighted by Gasteiger charge is -2.37. The molecule has 1 unspecified atom stereocenters. The van der Waals surface area contributed by atoms with Crippen molar-refractivity contribution >= 4 is 35.0 Å². The van der Waals surface area contributed by atoms with Gasteiger partial charge in [0.25, 0.3) is 5.91 Å². The van der Waals surface area contributed by atoms with E-state index < -0.39 is 10.6 Å². The third-order valence-corrected chi connectivity index (χ3v) is 7.87. The fourth-order valence-corrected chi connectivity index (χ4v) is 5.76. The van der Waals surface area contributed by atoms with Crippen molar-refractivity contribution in [3.63, 3.8) is 0 Å². The Balaban J connectivity index is 1.59. The molecule has 36 heavy (non-hydrogen) atoms. The van der Waals surface area contributed by atoms with Gasteiger partial charge in [0, 0.05) is 17.9 Å². The highest BCUT2D eigenvalue weighted by Gasteiger charge is 2.41. The largest absolute Gasteiger partial charge is 0.627 e. The number of likely N-dealkylation sites (tertiary alicyclic amines) is 1. The zero-order chi connectivity index (χ0) is 26.1. The van der Waals surface area contributed by atoms with Gasteiger partial charge in [0.15, 0.2) is 10.6 Å². The van der Waals surface area contributed by atoms with Crippen molar-refractivity contribution < 1.29 is 14.2 Å². The average Bonchev–Trinajstić information content (AvgIpc) is 3.20. The molecule has 0 radical (unpaired) electrons. The molecule has 1 aromatic rings. The van der Waals surface area contributed by atoms with Crippen molar-refractivity contribution in [1.29, 1.82) is 10.5 Å². The molecule has 3 N–H and O–H groups in total. The summed E-state index contributed by atoms with van der Waals surface area (Å²) in [6.45, 7) is 6.83. The molecule has 2 saturated heterocycles. The standard InChI is InChI=1S/C25H33N7O3S/c1-3-32(35)17-21(36-25(32)22(14-27)24(34)28-10-9-26)15-29-19-5-4-6-20(13-19)30-23(33)16-31-11-7-18(2)8-12-31/h4-6,13,18,21,29H,3,7-8,10-12,15-17H2,1-2H3,(H,28,34)(H,30,33)/b25-22-/t21-,32?/m1/s1. The number of amides is 2. The number of nitriles is 2. The summed E-state index contributed by atoms with van der Waals surface area (Å²) < 4.78 is -0.759. The van der Waals surface area contributed by atoms with Crippen LogP contribution < -0.4 is 16.0 Å². The third-order valence-electron chi connectivity index (χ3n) is 6.46. The van der Waals surface area contributed by atoms with Crippen molar-refractivity contribution in [3.8, 4) is 12.1 Å². The lowest BCUT2D eigenvalue weighted by molar-refractivity contribution is -0.827. The van der Waals surface area contributed by atoms with E-state index in [0.29, 0.717) is 24.7 Å². The summed E-state index contributed by atoms with van der Waals surface area (Å²) in [4.78, 5) is 27.0. The number of quaternary nitrogens is 1. The first-order chi connectivity index (χ1) is 17.3. The van der Waals surface area contributed by atoms with Crippen LogP contribution in [0.4, 0.5) is 11.4 Å². The highest BCUT2D eigenvalue weighted by molar-refractivity contribution is 8.03. The number of carbonyl (C=O) groups excluding carboxylic acids is 2. The molecule has 2 aliphatic heterocycles. The van der Waals surface area contributed by atoms with E-state index in [1.165, 1.54) is 11.8 Å². The van der Waals surface area contributed by atoms with E-state index in [4.69, 9.17) is 5.26 Å². The quantitative estimate of drug-likeness (QED) is 0.151. The minimum Gasteiger partial charge on any atom is -0.627 e. The normalized spacial score (nSPS) is 23.9. The Bertz CT molecular complexity index is 1070. The minimum atomic E-state index is -0.759. The van der Waals surface area contributed by atoms with Crippen LogP contribution in [0, 0.1) is 33.8 Å². The number of hydrogen-bond donors (Lipinski definition) is 3. The molecule has 0 saturated carbocycles. The van der Waals surface area contributed by atoms with E-state index in [9.17, 15) is 20.1 Å². The van der Waals surface area contributed by atoms with Crippen molar-refractivity contribution in [1.82, 2.24) is 10.2 Å². The van der Waals surface area contributed by atoms with Gasteiger partial charge in [-0.15, -0.1) is 0 Å². The van der Waals surface area contributed by atoms with Gasteiger partial charge < -0.3 is 25.8 Å². The summed E-state index contributed by atoms with van der Waals surface area (Å²) in [6.07, 6.45) is 2.23. The molecular weight excluding hydrogens is 478 g/mol. The maximum atomic E-state index is 13.3. The number of nitrogens with zero attached hydrogens (tertiary/aromatic N) is 4. The van der Waals surface area contributed by atoms with Gasteiger partial charge in [-0.1, -0.05) is 24.8 Å². The van der Waals surface area contributed by atoms with Crippen molar-refractivity contribution in [2.24, 2.45) is 5.92 Å². The summed E-state index contributed by atoms with van der Waals surface area (Å²) in [6, 6.07) is 11.1. The highest BCUT2D eigenvalue weighted by Crippen LogP contribution is 2.41. The smallest absolute Gasteiger partial charge is 0.269 e. The summed E-state index contributed by atoms with van der Waals surface area (Å²) in [5.41, 5.74) is 1.26. The fraction of sp³-hybridized carbons (Fsp3) is 0.520. The van der Waals surface area contributed by atoms with Gasteiger partial charge in [-0.05, 0) is 57.0 Å². The number of rotatable bonds is 9. The Morgan fingerprint density at radius 3 is 2.64 bits per heavy atom. The van der Waals surface area contributed by atoms with E-state index in [1.807, 2.05) is 30.3 Å². The molecule has 2 atom stereocenters. The van der Waals surface area contributed by atoms with Crippen LogP contribution in [0.15, 0.2) is 34.9 Å². The predicted octanol–water partition coefficient (Wildman–Crippen LogP) is 2.59. The first kappa shape index (κ1) is 27.5. The topological polar surface area (TPSA) is 144 Å². The third kappa shape index (κ3) is 7.21. The maximum Gasteiger partial charge on any atom is 0.269 e. The predicted molar refractivity (Wildman–Crippen MR) is 140 cm³/mol. The minimum absolute atomic E-state index is 0.0436. The number of piperidine rings is 1. The molecule has 0 aromatic heterocycles. The SMILES string of the molecule is CC[N+]1([O-])C[C@@H](CNc2cccc(NC(=O)CN3CCC(C)CC3)c2)S/C1=C(/C#N)C(=O)NCC#N.